The standard InChI is InChI=1S/C64H39N5O2/c1-38-35-52(57-46-28-14-18-32-54(46)71-61(57)56(38)64-66-62(39-19-5-2-6-20-39)65-63(67-64)40-21-7-3-8-22-40)69-51-30-16-12-27-45(51)58-59(69)47(41-33-34-55-48(36-41)44-26-13-17-31-53(44)70-55)37-49-43-25-11-15-29-50(43)68(60(49)58)42-23-9-4-10-24-42/h2-37H,1H3. The molecule has 0 saturated carbocycles. The summed E-state index contributed by atoms with van der Waals surface area (Å²) in [6.45, 7) is 2.15. The first kappa shape index (κ1) is 39.4. The van der Waals surface area contributed by atoms with E-state index in [0.717, 1.165) is 116 Å². The molecule has 0 aliphatic carbocycles. The summed E-state index contributed by atoms with van der Waals surface area (Å²) in [4.78, 5) is 15.6. The van der Waals surface area contributed by atoms with E-state index in [1.165, 1.54) is 10.8 Å². The summed E-state index contributed by atoms with van der Waals surface area (Å²) in [5.41, 5.74) is 15.6. The van der Waals surface area contributed by atoms with Gasteiger partial charge in [0, 0.05) is 60.1 Å². The van der Waals surface area contributed by atoms with E-state index in [9.17, 15) is 0 Å². The van der Waals surface area contributed by atoms with Crippen molar-refractivity contribution in [3.8, 4) is 56.7 Å². The van der Waals surface area contributed by atoms with E-state index in [0.29, 0.717) is 23.1 Å². The first-order valence-corrected chi connectivity index (χ1v) is 23.9. The molecule has 0 spiro atoms. The van der Waals surface area contributed by atoms with Gasteiger partial charge in [-0.2, -0.15) is 0 Å². The van der Waals surface area contributed by atoms with Gasteiger partial charge in [-0.15, -0.1) is 0 Å². The summed E-state index contributed by atoms with van der Waals surface area (Å²) in [6.07, 6.45) is 0. The van der Waals surface area contributed by atoms with E-state index in [1.54, 1.807) is 0 Å². The van der Waals surface area contributed by atoms with E-state index in [-0.39, 0.29) is 0 Å². The number of rotatable bonds is 6. The fourth-order valence-corrected chi connectivity index (χ4v) is 11.2. The summed E-state index contributed by atoms with van der Waals surface area (Å²) in [5, 5.41) is 8.80. The van der Waals surface area contributed by atoms with Gasteiger partial charge in [-0.3, -0.25) is 0 Å². The van der Waals surface area contributed by atoms with Gasteiger partial charge >= 0.3 is 0 Å². The van der Waals surface area contributed by atoms with Gasteiger partial charge in [-0.05, 0) is 78.7 Å². The quantitative estimate of drug-likeness (QED) is 0.166. The molecule has 15 rings (SSSR count). The van der Waals surface area contributed by atoms with Crippen LogP contribution in [0.25, 0.3) is 144 Å². The zero-order chi connectivity index (χ0) is 46.7. The number of benzene rings is 10. The van der Waals surface area contributed by atoms with Crippen LogP contribution < -0.4 is 0 Å². The molecule has 0 bridgehead atoms. The Hall–Kier alpha value is -9.59. The van der Waals surface area contributed by atoms with Crippen LogP contribution in [0.1, 0.15) is 5.56 Å². The molecule has 0 unspecified atom stereocenters. The second-order valence-corrected chi connectivity index (χ2v) is 18.3. The van der Waals surface area contributed by atoms with Crippen molar-refractivity contribution in [2.45, 2.75) is 6.92 Å². The van der Waals surface area contributed by atoms with Gasteiger partial charge in [0.15, 0.2) is 17.5 Å². The number of furan rings is 2. The van der Waals surface area contributed by atoms with Gasteiger partial charge in [-0.25, -0.2) is 15.0 Å². The minimum absolute atomic E-state index is 0.545. The number of fused-ring (bicyclic) bond motifs is 13. The van der Waals surface area contributed by atoms with Crippen LogP contribution in [-0.4, -0.2) is 24.1 Å². The monoisotopic (exact) mass is 909 g/mol. The predicted molar refractivity (Wildman–Crippen MR) is 290 cm³/mol. The van der Waals surface area contributed by atoms with Crippen LogP contribution in [0.15, 0.2) is 227 Å². The van der Waals surface area contributed by atoms with Crippen molar-refractivity contribution in [1.82, 2.24) is 24.1 Å². The van der Waals surface area contributed by atoms with Crippen molar-refractivity contribution < 1.29 is 8.83 Å². The number of para-hydroxylation sites is 5. The molecule has 0 aliphatic rings. The third-order valence-corrected chi connectivity index (χ3v) is 14.3. The van der Waals surface area contributed by atoms with Gasteiger partial charge in [-0.1, -0.05) is 158 Å². The van der Waals surface area contributed by atoms with Crippen LogP contribution in [0, 0.1) is 6.92 Å². The molecule has 0 fully saturated rings. The predicted octanol–water partition coefficient (Wildman–Crippen LogP) is 16.8. The maximum atomic E-state index is 7.13. The normalized spacial score (nSPS) is 12.0. The number of aromatic nitrogens is 5. The molecule has 15 aromatic rings. The lowest BCUT2D eigenvalue weighted by molar-refractivity contribution is 0.668. The van der Waals surface area contributed by atoms with Crippen LogP contribution in [0.3, 0.4) is 0 Å². The molecule has 71 heavy (non-hydrogen) atoms. The molecule has 10 aromatic carbocycles. The third-order valence-electron chi connectivity index (χ3n) is 14.3. The van der Waals surface area contributed by atoms with Crippen molar-refractivity contribution >= 4 is 87.5 Å². The molecule has 0 N–H and O–H groups in total. The number of nitrogens with zero attached hydrogens (tertiary/aromatic N) is 5. The van der Waals surface area contributed by atoms with Crippen LogP contribution in [0.5, 0.6) is 0 Å². The maximum Gasteiger partial charge on any atom is 0.168 e. The first-order valence-electron chi connectivity index (χ1n) is 23.9. The molecule has 0 saturated heterocycles. The van der Waals surface area contributed by atoms with Crippen molar-refractivity contribution in [3.05, 3.63) is 224 Å². The van der Waals surface area contributed by atoms with Crippen molar-refractivity contribution in [3.63, 3.8) is 0 Å². The Morgan fingerprint density at radius 3 is 1.62 bits per heavy atom. The van der Waals surface area contributed by atoms with Gasteiger partial charge in [0.1, 0.15) is 22.3 Å². The lowest BCUT2D eigenvalue weighted by Crippen LogP contribution is -2.03. The van der Waals surface area contributed by atoms with Crippen LogP contribution >= 0.6 is 0 Å². The Balaban J connectivity index is 1.11. The summed E-state index contributed by atoms with van der Waals surface area (Å²) in [6, 6.07) is 76.7. The molecule has 0 radical (unpaired) electrons. The second-order valence-electron chi connectivity index (χ2n) is 18.3. The maximum absolute atomic E-state index is 7.13. The highest BCUT2D eigenvalue weighted by Gasteiger charge is 2.29. The molecule has 5 heterocycles. The van der Waals surface area contributed by atoms with Crippen molar-refractivity contribution in [2.24, 2.45) is 0 Å². The third kappa shape index (κ3) is 5.87. The van der Waals surface area contributed by atoms with Crippen molar-refractivity contribution in [2.75, 3.05) is 0 Å². The zero-order valence-electron chi connectivity index (χ0n) is 38.3. The zero-order valence-corrected chi connectivity index (χ0v) is 38.3. The molecule has 332 valence electrons. The molecular formula is C64H39N5O2. The smallest absolute Gasteiger partial charge is 0.168 e. The first-order chi connectivity index (χ1) is 35.1. The Bertz CT molecular complexity index is 4580. The van der Waals surface area contributed by atoms with Crippen LogP contribution in [-0.2, 0) is 0 Å². The number of hydrogen-bond donors (Lipinski definition) is 0. The average Bonchev–Trinajstić information content (AvgIpc) is 4.19. The Morgan fingerprint density at radius 1 is 0.366 bits per heavy atom. The van der Waals surface area contributed by atoms with Gasteiger partial charge in [0.05, 0.1) is 38.7 Å². The largest absolute Gasteiger partial charge is 0.456 e. The van der Waals surface area contributed by atoms with Crippen molar-refractivity contribution in [1.29, 1.82) is 0 Å². The average molecular weight is 910 g/mol. The number of hydrogen-bond acceptors (Lipinski definition) is 5. The minimum atomic E-state index is 0.545. The molecule has 0 atom stereocenters. The highest BCUT2D eigenvalue weighted by atomic mass is 16.3. The van der Waals surface area contributed by atoms with E-state index >= 15 is 0 Å². The van der Waals surface area contributed by atoms with Gasteiger partial charge < -0.3 is 18.0 Å². The van der Waals surface area contributed by atoms with Gasteiger partial charge in [0.25, 0.3) is 0 Å². The van der Waals surface area contributed by atoms with E-state index < -0.39 is 0 Å². The lowest BCUT2D eigenvalue weighted by Gasteiger charge is -2.17. The van der Waals surface area contributed by atoms with E-state index in [4.69, 9.17) is 23.8 Å². The van der Waals surface area contributed by atoms with Crippen LogP contribution in [0.2, 0.25) is 0 Å². The molecule has 7 nitrogen and oxygen atoms in total. The highest BCUT2D eigenvalue weighted by molar-refractivity contribution is 6.30. The van der Waals surface area contributed by atoms with E-state index in [1.807, 2.05) is 78.9 Å². The molecule has 0 aliphatic heterocycles. The lowest BCUT2D eigenvalue weighted by atomic mass is 9.96. The molecule has 5 aromatic heterocycles. The Morgan fingerprint density at radius 2 is 0.915 bits per heavy atom. The summed E-state index contributed by atoms with van der Waals surface area (Å²) in [7, 11) is 0. The van der Waals surface area contributed by atoms with Gasteiger partial charge in [0.2, 0.25) is 0 Å². The summed E-state index contributed by atoms with van der Waals surface area (Å²) in [5.74, 6) is 1.73. The highest BCUT2D eigenvalue weighted by Crippen LogP contribution is 2.50. The van der Waals surface area contributed by atoms with Crippen LogP contribution in [0.4, 0.5) is 0 Å². The number of aryl methyl sites for hydroxylation is 1. The SMILES string of the molecule is Cc1cc(-n2c3ccccc3c3c2c(-c2ccc4oc5ccccc5c4c2)cc2c4ccccc4n(-c4ccccc4)c23)c2c(oc3ccccc32)c1-c1nc(-c2ccccc2)nc(-c2ccccc2)n1. The molecule has 7 heteroatoms. The Kier molecular flexibility index (Phi) is 8.44. The second kappa shape index (κ2) is 15.2. The summed E-state index contributed by atoms with van der Waals surface area (Å²) < 4.78 is 18.5. The fraction of sp³-hybridized carbons (Fsp3) is 0.0156. The summed E-state index contributed by atoms with van der Waals surface area (Å²) >= 11 is 0. The topological polar surface area (TPSA) is 74.8 Å². The molecule has 0 amide bonds. The molecular weight excluding hydrogens is 871 g/mol. The Labute approximate surface area is 406 Å². The van der Waals surface area contributed by atoms with E-state index in [2.05, 4.69) is 156 Å². The minimum Gasteiger partial charge on any atom is -0.456 e. The fourth-order valence-electron chi connectivity index (χ4n) is 11.2.